The number of halogens is 1. The Labute approximate surface area is 101 Å². The zero-order chi connectivity index (χ0) is 12.3. The quantitative estimate of drug-likeness (QED) is 0.773. The minimum atomic E-state index is -0.222. The Hall–Kier alpha value is -1.83. The van der Waals surface area contributed by atoms with Gasteiger partial charge in [0.05, 0.1) is 0 Å². The molecule has 0 radical (unpaired) electrons. The van der Waals surface area contributed by atoms with Gasteiger partial charge in [0.1, 0.15) is 18.2 Å². The second-order valence-corrected chi connectivity index (χ2v) is 4.16. The van der Waals surface area contributed by atoms with Crippen molar-refractivity contribution in [2.75, 3.05) is 0 Å². The Kier molecular flexibility index (Phi) is 3.43. The van der Waals surface area contributed by atoms with E-state index in [4.69, 9.17) is 4.74 Å². The van der Waals surface area contributed by atoms with Gasteiger partial charge in [-0.05, 0) is 54.8 Å². The van der Waals surface area contributed by atoms with Crippen molar-refractivity contribution in [2.45, 2.75) is 20.5 Å². The maximum atomic E-state index is 12.7. The van der Waals surface area contributed by atoms with Crippen LogP contribution in [0.15, 0.2) is 42.5 Å². The molecule has 0 spiro atoms. The minimum absolute atomic E-state index is 0.222. The number of aryl methyl sites for hydroxylation is 2. The van der Waals surface area contributed by atoms with Gasteiger partial charge in [-0.25, -0.2) is 4.39 Å². The van der Waals surface area contributed by atoms with E-state index < -0.39 is 0 Å². The zero-order valence-corrected chi connectivity index (χ0v) is 10.0. The summed E-state index contributed by atoms with van der Waals surface area (Å²) in [6.07, 6.45) is 0. The normalized spacial score (nSPS) is 10.3. The van der Waals surface area contributed by atoms with Crippen LogP contribution in [0.5, 0.6) is 5.75 Å². The van der Waals surface area contributed by atoms with Crippen molar-refractivity contribution in [3.63, 3.8) is 0 Å². The van der Waals surface area contributed by atoms with E-state index in [1.165, 1.54) is 23.3 Å². The maximum absolute atomic E-state index is 12.7. The fourth-order valence-corrected chi connectivity index (χ4v) is 1.55. The third-order valence-electron chi connectivity index (χ3n) is 2.80. The van der Waals surface area contributed by atoms with Crippen molar-refractivity contribution in [3.8, 4) is 5.75 Å². The molecule has 0 fully saturated rings. The van der Waals surface area contributed by atoms with Gasteiger partial charge < -0.3 is 4.74 Å². The van der Waals surface area contributed by atoms with Gasteiger partial charge in [0, 0.05) is 0 Å². The number of rotatable bonds is 3. The first-order valence-electron chi connectivity index (χ1n) is 5.59. The van der Waals surface area contributed by atoms with Crippen molar-refractivity contribution >= 4 is 0 Å². The molecule has 0 saturated carbocycles. The van der Waals surface area contributed by atoms with E-state index in [0.717, 1.165) is 11.3 Å². The average molecular weight is 230 g/mol. The highest BCUT2D eigenvalue weighted by molar-refractivity contribution is 5.34. The smallest absolute Gasteiger partial charge is 0.123 e. The van der Waals surface area contributed by atoms with Crippen LogP contribution in [0.4, 0.5) is 4.39 Å². The average Bonchev–Trinajstić information content (AvgIpc) is 2.33. The molecule has 2 heteroatoms. The summed E-state index contributed by atoms with van der Waals surface area (Å²) in [7, 11) is 0. The van der Waals surface area contributed by atoms with Crippen LogP contribution in [-0.4, -0.2) is 0 Å². The fraction of sp³-hybridized carbons (Fsp3) is 0.200. The van der Waals surface area contributed by atoms with E-state index >= 15 is 0 Å². The Balaban J connectivity index is 2.02. The van der Waals surface area contributed by atoms with Crippen LogP contribution in [-0.2, 0) is 6.61 Å². The van der Waals surface area contributed by atoms with Crippen LogP contribution >= 0.6 is 0 Å². The Morgan fingerprint density at radius 2 is 1.65 bits per heavy atom. The van der Waals surface area contributed by atoms with Crippen molar-refractivity contribution in [1.29, 1.82) is 0 Å². The second-order valence-electron chi connectivity index (χ2n) is 4.16. The van der Waals surface area contributed by atoms with E-state index in [1.54, 1.807) is 12.1 Å². The third kappa shape index (κ3) is 3.06. The van der Waals surface area contributed by atoms with Gasteiger partial charge in [-0.2, -0.15) is 0 Å². The first kappa shape index (κ1) is 11.6. The minimum Gasteiger partial charge on any atom is -0.489 e. The van der Waals surface area contributed by atoms with Crippen molar-refractivity contribution in [2.24, 2.45) is 0 Å². The number of ether oxygens (including phenoxy) is 1. The molecule has 0 bridgehead atoms. The predicted molar refractivity (Wildman–Crippen MR) is 66.6 cm³/mol. The molecule has 0 unspecified atom stereocenters. The standard InChI is InChI=1S/C15H15FO/c1-11-3-8-15(9-12(11)2)17-10-13-4-6-14(16)7-5-13/h3-9H,10H2,1-2H3. The van der Waals surface area contributed by atoms with E-state index in [0.29, 0.717) is 6.61 Å². The molecule has 2 aromatic rings. The van der Waals surface area contributed by atoms with Crippen LogP contribution in [0.2, 0.25) is 0 Å². The van der Waals surface area contributed by atoms with Crippen LogP contribution in [0.3, 0.4) is 0 Å². The lowest BCUT2D eigenvalue weighted by atomic mass is 10.1. The monoisotopic (exact) mass is 230 g/mol. The van der Waals surface area contributed by atoms with E-state index in [-0.39, 0.29) is 5.82 Å². The molecule has 0 aromatic heterocycles. The van der Waals surface area contributed by atoms with E-state index in [2.05, 4.69) is 13.8 Å². The lowest BCUT2D eigenvalue weighted by Crippen LogP contribution is -1.96. The van der Waals surface area contributed by atoms with Gasteiger partial charge >= 0.3 is 0 Å². The summed E-state index contributed by atoms with van der Waals surface area (Å²) in [4.78, 5) is 0. The largest absolute Gasteiger partial charge is 0.489 e. The lowest BCUT2D eigenvalue weighted by Gasteiger charge is -2.08. The highest BCUT2D eigenvalue weighted by Gasteiger charge is 1.99. The van der Waals surface area contributed by atoms with Crippen LogP contribution in [0.25, 0.3) is 0 Å². The molecule has 0 atom stereocenters. The molecule has 1 nitrogen and oxygen atoms in total. The molecule has 0 aliphatic heterocycles. The molecule has 0 N–H and O–H groups in total. The molecule has 2 rings (SSSR count). The number of hydrogen-bond acceptors (Lipinski definition) is 1. The van der Waals surface area contributed by atoms with Crippen molar-refractivity contribution in [1.82, 2.24) is 0 Å². The first-order valence-corrected chi connectivity index (χ1v) is 5.59. The molecule has 0 heterocycles. The fourth-order valence-electron chi connectivity index (χ4n) is 1.55. The first-order chi connectivity index (χ1) is 8.15. The lowest BCUT2D eigenvalue weighted by molar-refractivity contribution is 0.306. The summed E-state index contributed by atoms with van der Waals surface area (Å²) in [6, 6.07) is 12.4. The van der Waals surface area contributed by atoms with Crippen LogP contribution < -0.4 is 4.74 Å². The van der Waals surface area contributed by atoms with Crippen molar-refractivity contribution in [3.05, 3.63) is 65.0 Å². The SMILES string of the molecule is Cc1ccc(OCc2ccc(F)cc2)cc1C. The molecule has 0 amide bonds. The van der Waals surface area contributed by atoms with Crippen LogP contribution in [0.1, 0.15) is 16.7 Å². The van der Waals surface area contributed by atoms with Crippen LogP contribution in [0, 0.1) is 19.7 Å². The van der Waals surface area contributed by atoms with Gasteiger partial charge in [-0.15, -0.1) is 0 Å². The van der Waals surface area contributed by atoms with E-state index in [9.17, 15) is 4.39 Å². The van der Waals surface area contributed by atoms with E-state index in [1.807, 2.05) is 18.2 Å². The maximum Gasteiger partial charge on any atom is 0.123 e. The molecular weight excluding hydrogens is 215 g/mol. The molecular formula is C15H15FO. The summed E-state index contributed by atoms with van der Waals surface area (Å²) in [6.45, 7) is 4.59. The Morgan fingerprint density at radius 3 is 2.29 bits per heavy atom. The highest BCUT2D eigenvalue weighted by atomic mass is 19.1. The Bertz CT molecular complexity index is 503. The molecule has 88 valence electrons. The summed E-state index contributed by atoms with van der Waals surface area (Å²) in [5.74, 6) is 0.623. The predicted octanol–water partition coefficient (Wildman–Crippen LogP) is 4.02. The molecule has 2 aromatic carbocycles. The molecule has 0 aliphatic carbocycles. The molecule has 17 heavy (non-hydrogen) atoms. The summed E-state index contributed by atoms with van der Waals surface area (Å²) < 4.78 is 18.4. The Morgan fingerprint density at radius 1 is 0.941 bits per heavy atom. The second kappa shape index (κ2) is 5.00. The van der Waals surface area contributed by atoms with Gasteiger partial charge in [-0.1, -0.05) is 18.2 Å². The van der Waals surface area contributed by atoms with Gasteiger partial charge in [0.2, 0.25) is 0 Å². The number of hydrogen-bond donors (Lipinski definition) is 0. The topological polar surface area (TPSA) is 9.23 Å². The molecule has 0 saturated heterocycles. The summed E-state index contributed by atoms with van der Waals surface area (Å²) in [5.41, 5.74) is 3.42. The van der Waals surface area contributed by atoms with Gasteiger partial charge in [0.25, 0.3) is 0 Å². The third-order valence-corrected chi connectivity index (χ3v) is 2.80. The van der Waals surface area contributed by atoms with Crippen molar-refractivity contribution < 1.29 is 9.13 Å². The summed E-state index contributed by atoms with van der Waals surface area (Å²) >= 11 is 0. The molecule has 0 aliphatic rings. The summed E-state index contributed by atoms with van der Waals surface area (Å²) in [5, 5.41) is 0. The zero-order valence-electron chi connectivity index (χ0n) is 10.0. The highest BCUT2D eigenvalue weighted by Crippen LogP contribution is 2.17. The van der Waals surface area contributed by atoms with Gasteiger partial charge in [0.15, 0.2) is 0 Å². The number of benzene rings is 2. The van der Waals surface area contributed by atoms with Gasteiger partial charge in [-0.3, -0.25) is 0 Å².